The van der Waals surface area contributed by atoms with E-state index in [1.165, 1.54) is 12.1 Å². The van der Waals surface area contributed by atoms with Crippen LogP contribution < -0.4 is 0 Å². The van der Waals surface area contributed by atoms with Crippen LogP contribution in [0, 0.1) is 5.82 Å². The highest BCUT2D eigenvalue weighted by Crippen LogP contribution is 2.21. The third-order valence-electron chi connectivity index (χ3n) is 5.49. The van der Waals surface area contributed by atoms with Crippen LogP contribution in [-0.4, -0.2) is 61.5 Å². The summed E-state index contributed by atoms with van der Waals surface area (Å²) in [6, 6.07) is 15.6. The molecule has 0 aliphatic carbocycles. The molecule has 3 aromatic heterocycles. The molecule has 0 spiro atoms. The zero-order valence-electron chi connectivity index (χ0n) is 17.3. The Kier molecular flexibility index (Phi) is 6.43. The lowest BCUT2D eigenvalue weighted by atomic mass is 10.1. The summed E-state index contributed by atoms with van der Waals surface area (Å²) in [7, 11) is 0. The van der Waals surface area contributed by atoms with Crippen LogP contribution in [0.2, 0.25) is 0 Å². The van der Waals surface area contributed by atoms with E-state index in [-0.39, 0.29) is 24.1 Å². The molecular formula is C23H22ClFN6O. The molecule has 1 amide bonds. The van der Waals surface area contributed by atoms with Gasteiger partial charge in [-0.2, -0.15) is 5.10 Å². The highest BCUT2D eigenvalue weighted by molar-refractivity contribution is 5.93. The first kappa shape index (κ1) is 21.9. The van der Waals surface area contributed by atoms with E-state index in [1.54, 1.807) is 41.2 Å². The molecule has 1 aliphatic rings. The lowest BCUT2D eigenvalue weighted by Gasteiger charge is -2.34. The zero-order chi connectivity index (χ0) is 21.2. The van der Waals surface area contributed by atoms with E-state index >= 15 is 0 Å². The number of fused-ring (bicyclic) bond motifs is 1. The largest absolute Gasteiger partial charge is 0.335 e. The minimum absolute atomic E-state index is 0. The highest BCUT2D eigenvalue weighted by atomic mass is 35.5. The summed E-state index contributed by atoms with van der Waals surface area (Å²) in [5.74, 6) is -0.402. The fourth-order valence-electron chi connectivity index (χ4n) is 3.83. The molecule has 9 heteroatoms. The summed E-state index contributed by atoms with van der Waals surface area (Å²) in [6.45, 7) is 3.63. The molecular weight excluding hydrogens is 431 g/mol. The van der Waals surface area contributed by atoms with Crippen molar-refractivity contribution in [3.63, 3.8) is 0 Å². The van der Waals surface area contributed by atoms with E-state index in [0.717, 1.165) is 36.6 Å². The molecule has 1 aliphatic heterocycles. The van der Waals surface area contributed by atoms with Crippen molar-refractivity contribution in [2.24, 2.45) is 0 Å². The molecule has 4 heterocycles. The van der Waals surface area contributed by atoms with Crippen LogP contribution in [0.5, 0.6) is 0 Å². The number of hydrogen-bond donors (Lipinski definition) is 0. The van der Waals surface area contributed by atoms with Gasteiger partial charge in [0.05, 0.1) is 11.4 Å². The van der Waals surface area contributed by atoms with E-state index in [9.17, 15) is 9.18 Å². The number of halogens is 2. The minimum atomic E-state index is -0.299. The summed E-state index contributed by atoms with van der Waals surface area (Å²) < 4.78 is 14.9. The third kappa shape index (κ3) is 4.46. The first-order valence-corrected chi connectivity index (χ1v) is 10.2. The van der Waals surface area contributed by atoms with Gasteiger partial charge in [0.25, 0.3) is 5.91 Å². The van der Waals surface area contributed by atoms with Crippen LogP contribution in [0.4, 0.5) is 4.39 Å². The Morgan fingerprint density at radius 1 is 0.938 bits per heavy atom. The van der Waals surface area contributed by atoms with E-state index in [1.807, 2.05) is 23.1 Å². The van der Waals surface area contributed by atoms with Gasteiger partial charge in [-0.25, -0.2) is 13.9 Å². The Morgan fingerprint density at radius 2 is 1.72 bits per heavy atom. The van der Waals surface area contributed by atoms with Gasteiger partial charge in [-0.3, -0.25) is 14.7 Å². The number of rotatable bonds is 4. The predicted octanol–water partition coefficient (Wildman–Crippen LogP) is 3.31. The maximum Gasteiger partial charge on any atom is 0.274 e. The van der Waals surface area contributed by atoms with Crippen molar-refractivity contribution in [3.05, 3.63) is 84.2 Å². The summed E-state index contributed by atoms with van der Waals surface area (Å²) in [4.78, 5) is 25.9. The molecule has 0 unspecified atom stereocenters. The molecule has 0 saturated carbocycles. The molecule has 0 atom stereocenters. The average molecular weight is 453 g/mol. The topological polar surface area (TPSA) is 66.6 Å². The van der Waals surface area contributed by atoms with Crippen LogP contribution in [-0.2, 0) is 6.54 Å². The second-order valence-corrected chi connectivity index (χ2v) is 7.53. The number of nitrogens with zero attached hydrogens (tertiary/aromatic N) is 6. The number of hydrogen-bond acceptors (Lipinski definition) is 5. The molecule has 0 radical (unpaired) electrons. The first-order chi connectivity index (χ1) is 15.2. The number of pyridine rings is 1. The number of carbonyl (C=O) groups is 1. The van der Waals surface area contributed by atoms with Gasteiger partial charge in [-0.1, -0.05) is 6.07 Å². The fourth-order valence-corrected chi connectivity index (χ4v) is 3.83. The fraction of sp³-hybridized carbons (Fsp3) is 0.217. The molecule has 4 aromatic rings. The van der Waals surface area contributed by atoms with Crippen LogP contribution in [0.3, 0.4) is 0 Å². The summed E-state index contributed by atoms with van der Waals surface area (Å²) >= 11 is 0. The van der Waals surface area contributed by atoms with Crippen molar-refractivity contribution in [3.8, 4) is 11.3 Å². The van der Waals surface area contributed by atoms with Crippen LogP contribution in [0.25, 0.3) is 16.9 Å². The highest BCUT2D eigenvalue weighted by Gasteiger charge is 2.24. The van der Waals surface area contributed by atoms with Gasteiger partial charge in [-0.05, 0) is 42.5 Å². The van der Waals surface area contributed by atoms with Gasteiger partial charge in [-0.15, -0.1) is 12.4 Å². The molecule has 164 valence electrons. The number of amides is 1. The molecule has 0 N–H and O–H groups in total. The molecule has 7 nitrogen and oxygen atoms in total. The Balaban J connectivity index is 0.00000245. The first-order valence-electron chi connectivity index (χ1n) is 10.2. The number of piperazine rings is 1. The second-order valence-electron chi connectivity index (χ2n) is 7.53. The summed E-state index contributed by atoms with van der Waals surface area (Å²) in [5, 5.41) is 4.52. The third-order valence-corrected chi connectivity index (χ3v) is 5.49. The smallest absolute Gasteiger partial charge is 0.274 e. The van der Waals surface area contributed by atoms with Crippen LogP contribution in [0.1, 0.15) is 16.2 Å². The van der Waals surface area contributed by atoms with Gasteiger partial charge >= 0.3 is 0 Å². The SMILES string of the molecule is Cl.O=C(c1cc2nccc(-c3ccc(F)cc3)n2n1)N1CCN(Cc2ccccn2)CC1. The van der Waals surface area contributed by atoms with Gasteiger partial charge in [0.1, 0.15) is 5.82 Å². The zero-order valence-corrected chi connectivity index (χ0v) is 18.1. The minimum Gasteiger partial charge on any atom is -0.335 e. The van der Waals surface area contributed by atoms with E-state index < -0.39 is 0 Å². The quantitative estimate of drug-likeness (QED) is 0.475. The van der Waals surface area contributed by atoms with Crippen molar-refractivity contribution in [2.45, 2.75) is 6.54 Å². The number of aromatic nitrogens is 4. The Morgan fingerprint density at radius 3 is 2.44 bits per heavy atom. The summed E-state index contributed by atoms with van der Waals surface area (Å²) in [5.41, 5.74) is 3.53. The van der Waals surface area contributed by atoms with Gasteiger partial charge in [0, 0.05) is 56.7 Å². The van der Waals surface area contributed by atoms with Crippen molar-refractivity contribution in [2.75, 3.05) is 26.2 Å². The lowest BCUT2D eigenvalue weighted by Crippen LogP contribution is -2.48. The molecule has 1 aromatic carbocycles. The molecule has 0 bridgehead atoms. The van der Waals surface area contributed by atoms with Gasteiger partial charge in [0.2, 0.25) is 0 Å². The van der Waals surface area contributed by atoms with Crippen molar-refractivity contribution >= 4 is 24.0 Å². The van der Waals surface area contributed by atoms with E-state index in [0.29, 0.717) is 24.4 Å². The Bertz CT molecular complexity index is 1210. The van der Waals surface area contributed by atoms with E-state index in [2.05, 4.69) is 20.0 Å². The van der Waals surface area contributed by atoms with Gasteiger partial charge < -0.3 is 4.90 Å². The lowest BCUT2D eigenvalue weighted by molar-refractivity contribution is 0.0621. The average Bonchev–Trinajstić information content (AvgIpc) is 3.25. The molecule has 5 rings (SSSR count). The van der Waals surface area contributed by atoms with Crippen molar-refractivity contribution in [1.82, 2.24) is 29.4 Å². The van der Waals surface area contributed by atoms with Gasteiger partial charge in [0.15, 0.2) is 11.3 Å². The second kappa shape index (κ2) is 9.42. The predicted molar refractivity (Wildman–Crippen MR) is 121 cm³/mol. The van der Waals surface area contributed by atoms with E-state index in [4.69, 9.17) is 0 Å². The Labute approximate surface area is 190 Å². The van der Waals surface area contributed by atoms with Crippen LogP contribution >= 0.6 is 12.4 Å². The maximum absolute atomic E-state index is 13.3. The standard InChI is InChI=1S/C23H21FN6O.ClH/c24-18-6-4-17(5-7-18)21-8-10-26-22-15-20(27-30(21)22)23(31)29-13-11-28(12-14-29)16-19-3-1-2-9-25-19;/h1-10,15H,11-14,16H2;1H. The molecule has 1 fully saturated rings. The normalized spacial score (nSPS) is 14.3. The number of benzene rings is 1. The van der Waals surface area contributed by atoms with Crippen molar-refractivity contribution in [1.29, 1.82) is 0 Å². The number of carbonyl (C=O) groups excluding carboxylic acids is 1. The monoisotopic (exact) mass is 452 g/mol. The van der Waals surface area contributed by atoms with Crippen molar-refractivity contribution < 1.29 is 9.18 Å². The molecule has 32 heavy (non-hydrogen) atoms. The van der Waals surface area contributed by atoms with Crippen LogP contribution in [0.15, 0.2) is 67.0 Å². The molecule has 1 saturated heterocycles. The maximum atomic E-state index is 13.3. The summed E-state index contributed by atoms with van der Waals surface area (Å²) in [6.07, 6.45) is 3.47. The Hall–Kier alpha value is -3.36.